The summed E-state index contributed by atoms with van der Waals surface area (Å²) in [7, 11) is 4.28. The van der Waals surface area contributed by atoms with Crippen molar-refractivity contribution in [3.8, 4) is 0 Å². The van der Waals surface area contributed by atoms with Crippen LogP contribution in [0.1, 0.15) is 24.2 Å². The molecule has 2 aromatic rings. The van der Waals surface area contributed by atoms with E-state index in [9.17, 15) is 0 Å². The molecule has 0 radical (unpaired) electrons. The Labute approximate surface area is 137 Å². The summed E-state index contributed by atoms with van der Waals surface area (Å²) in [6, 6.07) is 4.06. The van der Waals surface area contributed by atoms with Crippen molar-refractivity contribution in [2.24, 2.45) is 0 Å². The molecule has 2 aromatic heterocycles. The van der Waals surface area contributed by atoms with Crippen molar-refractivity contribution in [1.29, 1.82) is 0 Å². The van der Waals surface area contributed by atoms with E-state index in [4.69, 9.17) is 5.73 Å². The Hall–Kier alpha value is -1.86. The Morgan fingerprint density at radius 1 is 0.913 bits per heavy atom. The van der Waals surface area contributed by atoms with E-state index in [1.807, 2.05) is 16.9 Å². The predicted molar refractivity (Wildman–Crippen MR) is 90.8 cm³/mol. The number of hydrogen-bond donors (Lipinski definition) is 1. The van der Waals surface area contributed by atoms with Gasteiger partial charge < -0.3 is 15.5 Å². The second-order valence-corrected chi connectivity index (χ2v) is 6.51. The zero-order chi connectivity index (χ0) is 16.2. The molecule has 0 aliphatic carbocycles. The van der Waals surface area contributed by atoms with E-state index in [1.54, 1.807) is 0 Å². The van der Waals surface area contributed by atoms with E-state index < -0.39 is 0 Å². The zero-order valence-corrected chi connectivity index (χ0v) is 14.1. The summed E-state index contributed by atoms with van der Waals surface area (Å²) in [5.74, 6) is 0.639. The Morgan fingerprint density at radius 3 is 2.30 bits per heavy atom. The van der Waals surface area contributed by atoms with Gasteiger partial charge in [-0.3, -0.25) is 9.36 Å². The molecule has 0 bridgehead atoms. The van der Waals surface area contributed by atoms with Gasteiger partial charge in [0.1, 0.15) is 5.82 Å². The first kappa shape index (κ1) is 16.0. The van der Waals surface area contributed by atoms with E-state index in [1.165, 1.54) is 24.4 Å². The van der Waals surface area contributed by atoms with Crippen LogP contribution in [0.2, 0.25) is 0 Å². The number of nitrogen functional groups attached to an aromatic ring is 1. The maximum absolute atomic E-state index is 5.60. The van der Waals surface area contributed by atoms with Gasteiger partial charge in [0.2, 0.25) is 0 Å². The van der Waals surface area contributed by atoms with Crippen LogP contribution in [0.5, 0.6) is 0 Å². The molecule has 0 atom stereocenters. The van der Waals surface area contributed by atoms with Crippen molar-refractivity contribution in [2.75, 3.05) is 32.9 Å². The fourth-order valence-electron chi connectivity index (χ4n) is 3.19. The lowest BCUT2D eigenvalue weighted by Crippen LogP contribution is -2.16. The van der Waals surface area contributed by atoms with Crippen molar-refractivity contribution in [1.82, 2.24) is 29.4 Å². The van der Waals surface area contributed by atoms with Gasteiger partial charge in [0.05, 0.1) is 11.4 Å². The number of hydrogen-bond acceptors (Lipinski definition) is 5. The maximum Gasteiger partial charge on any atom is 0.145 e. The third-order valence-electron chi connectivity index (χ3n) is 4.37. The Kier molecular flexibility index (Phi) is 4.97. The molecule has 0 amide bonds. The molecule has 0 spiro atoms. The third kappa shape index (κ3) is 4.11. The van der Waals surface area contributed by atoms with Gasteiger partial charge in [0.25, 0.3) is 0 Å². The van der Waals surface area contributed by atoms with Gasteiger partial charge in [-0.2, -0.15) is 10.2 Å². The van der Waals surface area contributed by atoms with Gasteiger partial charge in [-0.25, -0.2) is 0 Å². The molecule has 0 fully saturated rings. The molecule has 7 nitrogen and oxygen atoms in total. The maximum atomic E-state index is 5.60. The average Bonchev–Trinajstić information content (AvgIpc) is 2.97. The number of anilines is 1. The predicted octanol–water partition coefficient (Wildman–Crippen LogP) is 1.02. The van der Waals surface area contributed by atoms with E-state index in [2.05, 4.69) is 44.8 Å². The Balaban J connectivity index is 0.000000136. The summed E-state index contributed by atoms with van der Waals surface area (Å²) in [6.45, 7) is 6.40. The summed E-state index contributed by atoms with van der Waals surface area (Å²) >= 11 is 0. The minimum atomic E-state index is 0.639. The monoisotopic (exact) mass is 317 g/mol. The van der Waals surface area contributed by atoms with Gasteiger partial charge in [-0.05, 0) is 33.0 Å². The summed E-state index contributed by atoms with van der Waals surface area (Å²) < 4.78 is 4.11. The number of nitrogens with two attached hydrogens (primary N) is 1. The van der Waals surface area contributed by atoms with Gasteiger partial charge in [0, 0.05) is 51.5 Å². The van der Waals surface area contributed by atoms with Crippen LogP contribution in [0.15, 0.2) is 18.3 Å². The summed E-state index contributed by atoms with van der Waals surface area (Å²) in [5.41, 5.74) is 8.17. The fourth-order valence-corrected chi connectivity index (χ4v) is 3.19. The highest BCUT2D eigenvalue weighted by atomic mass is 15.3. The lowest BCUT2D eigenvalue weighted by Gasteiger charge is -2.10. The van der Waals surface area contributed by atoms with Crippen molar-refractivity contribution in [3.63, 3.8) is 0 Å². The van der Waals surface area contributed by atoms with Crippen LogP contribution < -0.4 is 5.73 Å². The summed E-state index contributed by atoms with van der Waals surface area (Å²) in [5, 5.41) is 8.45. The molecule has 0 unspecified atom stereocenters. The first-order valence-electron chi connectivity index (χ1n) is 8.32. The Bertz CT molecular complexity index is 630. The van der Waals surface area contributed by atoms with Crippen LogP contribution in [0.4, 0.5) is 5.82 Å². The van der Waals surface area contributed by atoms with Crippen LogP contribution in [-0.4, -0.2) is 56.5 Å². The molecule has 7 heteroatoms. The highest BCUT2D eigenvalue weighted by molar-refractivity contribution is 5.29. The standard InChI is InChI=1S/C8H14N4.C8H13N3/c1-11-3-2-4-12-7(6-11)5-8(9)10-12;1-10-5-2-6-11-8(7-10)3-4-9-11/h5H,2-4,6H2,1H3,(H2,9,10);3-4H,2,5-7H2,1H3. The van der Waals surface area contributed by atoms with Crippen LogP contribution in [0.3, 0.4) is 0 Å². The number of aromatic nitrogens is 4. The van der Waals surface area contributed by atoms with Gasteiger partial charge in [0.15, 0.2) is 0 Å². The van der Waals surface area contributed by atoms with Gasteiger partial charge >= 0.3 is 0 Å². The largest absolute Gasteiger partial charge is 0.382 e. The molecule has 126 valence electrons. The lowest BCUT2D eigenvalue weighted by atomic mass is 10.4. The highest BCUT2D eigenvalue weighted by Crippen LogP contribution is 2.12. The van der Waals surface area contributed by atoms with E-state index in [0.29, 0.717) is 5.82 Å². The van der Waals surface area contributed by atoms with Crippen LogP contribution in [-0.2, 0) is 26.2 Å². The van der Waals surface area contributed by atoms with Crippen molar-refractivity contribution >= 4 is 5.82 Å². The Morgan fingerprint density at radius 2 is 1.57 bits per heavy atom. The van der Waals surface area contributed by atoms with Crippen molar-refractivity contribution in [3.05, 3.63) is 29.7 Å². The molecular formula is C16H27N7. The minimum absolute atomic E-state index is 0.639. The first-order chi connectivity index (χ1) is 11.1. The number of rotatable bonds is 0. The molecule has 23 heavy (non-hydrogen) atoms. The van der Waals surface area contributed by atoms with Crippen LogP contribution >= 0.6 is 0 Å². The normalized spacial score (nSPS) is 19.0. The molecule has 4 rings (SSSR count). The van der Waals surface area contributed by atoms with E-state index in [-0.39, 0.29) is 0 Å². The summed E-state index contributed by atoms with van der Waals surface area (Å²) in [4.78, 5) is 4.63. The molecule has 4 heterocycles. The molecule has 2 N–H and O–H groups in total. The van der Waals surface area contributed by atoms with Crippen molar-refractivity contribution in [2.45, 2.75) is 39.0 Å². The second kappa shape index (κ2) is 7.14. The van der Waals surface area contributed by atoms with E-state index in [0.717, 1.165) is 39.1 Å². The smallest absolute Gasteiger partial charge is 0.145 e. The van der Waals surface area contributed by atoms with Crippen LogP contribution in [0.25, 0.3) is 0 Å². The van der Waals surface area contributed by atoms with Crippen LogP contribution in [0, 0.1) is 0 Å². The SMILES string of the molecule is CN1CCCn2nc(N)cc2C1.CN1CCCn2nccc2C1. The average molecular weight is 317 g/mol. The number of fused-ring (bicyclic) bond motifs is 2. The number of nitrogens with zero attached hydrogens (tertiary/aromatic N) is 6. The van der Waals surface area contributed by atoms with E-state index >= 15 is 0 Å². The summed E-state index contributed by atoms with van der Waals surface area (Å²) in [6.07, 6.45) is 4.25. The molecule has 2 aliphatic heterocycles. The minimum Gasteiger partial charge on any atom is -0.382 e. The molecule has 0 aromatic carbocycles. The lowest BCUT2D eigenvalue weighted by molar-refractivity contribution is 0.332. The highest BCUT2D eigenvalue weighted by Gasteiger charge is 2.12. The first-order valence-corrected chi connectivity index (χ1v) is 8.32. The molecule has 0 saturated carbocycles. The van der Waals surface area contributed by atoms with Crippen molar-refractivity contribution < 1.29 is 0 Å². The second-order valence-electron chi connectivity index (χ2n) is 6.51. The molecule has 0 saturated heterocycles. The van der Waals surface area contributed by atoms with Gasteiger partial charge in [-0.1, -0.05) is 0 Å². The number of aryl methyl sites for hydroxylation is 2. The third-order valence-corrected chi connectivity index (χ3v) is 4.37. The quantitative estimate of drug-likeness (QED) is 0.786. The van der Waals surface area contributed by atoms with Gasteiger partial charge in [-0.15, -0.1) is 0 Å². The molecular weight excluding hydrogens is 290 g/mol. The molecule has 2 aliphatic rings. The topological polar surface area (TPSA) is 68.1 Å². The zero-order valence-electron chi connectivity index (χ0n) is 14.1. The fraction of sp³-hybridized carbons (Fsp3) is 0.625.